The maximum atomic E-state index is 5.99. The van der Waals surface area contributed by atoms with Crippen LogP contribution in [0.5, 0.6) is 5.75 Å². The van der Waals surface area contributed by atoms with Gasteiger partial charge in [0.2, 0.25) is 0 Å². The van der Waals surface area contributed by atoms with E-state index in [2.05, 4.69) is 55.7 Å². The Morgan fingerprint density at radius 1 is 0.968 bits per heavy atom. The zero-order valence-corrected chi connectivity index (χ0v) is 20.8. The van der Waals surface area contributed by atoms with E-state index in [4.69, 9.17) is 9.47 Å². The van der Waals surface area contributed by atoms with Crippen LogP contribution in [0, 0.1) is 11.3 Å². The maximum absolute atomic E-state index is 5.99. The van der Waals surface area contributed by atoms with Gasteiger partial charge in [-0.3, -0.25) is 4.90 Å². The molecule has 2 aliphatic rings. The number of nitrogens with zero attached hydrogens (tertiary/aromatic N) is 2. The summed E-state index contributed by atoms with van der Waals surface area (Å²) in [6.07, 6.45) is 7.92. The van der Waals surface area contributed by atoms with Crippen molar-refractivity contribution < 1.29 is 9.47 Å². The van der Waals surface area contributed by atoms with Crippen LogP contribution in [-0.2, 0) is 4.74 Å². The van der Waals surface area contributed by atoms with Gasteiger partial charge in [0.15, 0.2) is 0 Å². The molecule has 3 rings (SSSR count). The largest absolute Gasteiger partial charge is 0.491 e. The average Bonchev–Trinajstić information content (AvgIpc) is 2.78. The molecule has 0 aromatic heterocycles. The first-order chi connectivity index (χ1) is 14.9. The fraction of sp³-hybridized carbons (Fsp3) is 0.778. The Balaban J connectivity index is 1.73. The van der Waals surface area contributed by atoms with Gasteiger partial charge in [0, 0.05) is 45.0 Å². The second kappa shape index (κ2) is 11.6. The van der Waals surface area contributed by atoms with Gasteiger partial charge in [0.1, 0.15) is 12.4 Å². The van der Waals surface area contributed by atoms with Gasteiger partial charge in [0.25, 0.3) is 0 Å². The number of methoxy groups -OCH3 is 1. The molecule has 1 saturated carbocycles. The summed E-state index contributed by atoms with van der Waals surface area (Å²) >= 11 is 0. The fourth-order valence-electron chi connectivity index (χ4n) is 5.34. The zero-order valence-electron chi connectivity index (χ0n) is 20.8. The smallest absolute Gasteiger partial charge is 0.121 e. The van der Waals surface area contributed by atoms with Crippen molar-refractivity contribution in [3.63, 3.8) is 0 Å². The van der Waals surface area contributed by atoms with Crippen molar-refractivity contribution in [2.45, 2.75) is 72.1 Å². The topological polar surface area (TPSA) is 24.9 Å². The summed E-state index contributed by atoms with van der Waals surface area (Å²) in [4.78, 5) is 5.25. The van der Waals surface area contributed by atoms with Crippen molar-refractivity contribution in [2.24, 2.45) is 11.3 Å². The Bertz CT molecular complexity index is 654. The molecule has 0 unspecified atom stereocenters. The van der Waals surface area contributed by atoms with Crippen molar-refractivity contribution in [2.75, 3.05) is 57.9 Å². The van der Waals surface area contributed by atoms with E-state index in [9.17, 15) is 0 Å². The Labute approximate surface area is 191 Å². The number of anilines is 1. The summed E-state index contributed by atoms with van der Waals surface area (Å²) in [5.74, 6) is 2.51. The molecule has 1 aliphatic carbocycles. The van der Waals surface area contributed by atoms with Gasteiger partial charge in [-0.25, -0.2) is 0 Å². The van der Waals surface area contributed by atoms with Gasteiger partial charge in [-0.2, -0.15) is 0 Å². The first-order valence-electron chi connectivity index (χ1n) is 12.6. The van der Waals surface area contributed by atoms with Gasteiger partial charge in [-0.15, -0.1) is 0 Å². The predicted octanol–water partition coefficient (Wildman–Crippen LogP) is 5.95. The molecule has 2 fully saturated rings. The number of hydrogen-bond donors (Lipinski definition) is 0. The van der Waals surface area contributed by atoms with Crippen molar-refractivity contribution in [3.05, 3.63) is 23.8 Å². The van der Waals surface area contributed by atoms with Gasteiger partial charge >= 0.3 is 0 Å². The van der Waals surface area contributed by atoms with E-state index in [1.165, 1.54) is 63.8 Å². The van der Waals surface area contributed by atoms with E-state index in [-0.39, 0.29) is 0 Å². The van der Waals surface area contributed by atoms with Crippen LogP contribution in [0.25, 0.3) is 0 Å². The first kappa shape index (κ1) is 24.4. The molecule has 1 saturated heterocycles. The monoisotopic (exact) mass is 430 g/mol. The summed E-state index contributed by atoms with van der Waals surface area (Å²) in [7, 11) is 1.73. The highest BCUT2D eigenvalue weighted by Gasteiger charge is 2.32. The molecule has 1 aromatic rings. The second-order valence-electron chi connectivity index (χ2n) is 10.7. The van der Waals surface area contributed by atoms with E-state index in [1.54, 1.807) is 12.7 Å². The lowest BCUT2D eigenvalue weighted by Gasteiger charge is -2.40. The lowest BCUT2D eigenvalue weighted by atomic mass is 9.68. The van der Waals surface area contributed by atoms with Crippen LogP contribution in [-0.4, -0.2) is 57.9 Å². The second-order valence-corrected chi connectivity index (χ2v) is 10.7. The Morgan fingerprint density at radius 2 is 1.68 bits per heavy atom. The van der Waals surface area contributed by atoms with Crippen LogP contribution in [0.2, 0.25) is 0 Å². The van der Waals surface area contributed by atoms with E-state index in [0.29, 0.717) is 24.5 Å². The molecule has 1 heterocycles. The normalized spacial score (nSPS) is 23.2. The average molecular weight is 431 g/mol. The minimum Gasteiger partial charge on any atom is -0.491 e. The highest BCUT2D eigenvalue weighted by atomic mass is 16.5. The van der Waals surface area contributed by atoms with Gasteiger partial charge in [0.05, 0.1) is 6.61 Å². The molecule has 4 heteroatoms. The van der Waals surface area contributed by atoms with Crippen LogP contribution >= 0.6 is 0 Å². The molecule has 4 nitrogen and oxygen atoms in total. The number of unbranched alkanes of at least 4 members (excludes halogenated alkanes) is 1. The third kappa shape index (κ3) is 6.86. The summed E-state index contributed by atoms with van der Waals surface area (Å²) < 4.78 is 11.2. The van der Waals surface area contributed by atoms with Gasteiger partial charge in [-0.1, -0.05) is 40.2 Å². The fourth-order valence-corrected chi connectivity index (χ4v) is 5.34. The molecule has 0 radical (unpaired) electrons. The van der Waals surface area contributed by atoms with E-state index >= 15 is 0 Å². The Kier molecular flexibility index (Phi) is 9.09. The molecule has 1 aromatic carbocycles. The molecular weight excluding hydrogens is 384 g/mol. The van der Waals surface area contributed by atoms with Gasteiger partial charge < -0.3 is 14.4 Å². The summed E-state index contributed by atoms with van der Waals surface area (Å²) in [5, 5.41) is 0. The summed E-state index contributed by atoms with van der Waals surface area (Å²) in [6.45, 7) is 16.6. The molecule has 0 amide bonds. The third-order valence-corrected chi connectivity index (χ3v) is 7.49. The quantitative estimate of drug-likeness (QED) is 0.452. The highest BCUT2D eigenvalue weighted by molar-refractivity contribution is 5.59. The number of hydrogen-bond acceptors (Lipinski definition) is 4. The number of rotatable bonds is 9. The SMILES string of the molecule is CCCCN1CCN(c2cc(OCCOC)ccc2C2CCC(C(C)(C)C)CC2)CC1. The van der Waals surface area contributed by atoms with Crippen LogP contribution in [0.4, 0.5) is 5.69 Å². The van der Waals surface area contributed by atoms with Crippen LogP contribution < -0.4 is 9.64 Å². The summed E-state index contributed by atoms with van der Waals surface area (Å²) in [6, 6.07) is 6.85. The first-order valence-corrected chi connectivity index (χ1v) is 12.6. The molecule has 0 atom stereocenters. The van der Waals surface area contributed by atoms with Crippen molar-refractivity contribution in [1.29, 1.82) is 0 Å². The molecule has 0 N–H and O–H groups in total. The van der Waals surface area contributed by atoms with E-state index in [0.717, 1.165) is 24.8 Å². The molecule has 31 heavy (non-hydrogen) atoms. The van der Waals surface area contributed by atoms with Crippen molar-refractivity contribution in [1.82, 2.24) is 4.90 Å². The summed E-state index contributed by atoms with van der Waals surface area (Å²) in [5.41, 5.74) is 3.40. The number of ether oxygens (including phenoxy) is 2. The van der Waals surface area contributed by atoms with Crippen molar-refractivity contribution in [3.8, 4) is 5.75 Å². The van der Waals surface area contributed by atoms with E-state index in [1.807, 2.05) is 0 Å². The molecule has 0 spiro atoms. The van der Waals surface area contributed by atoms with Crippen LogP contribution in [0.3, 0.4) is 0 Å². The minimum atomic E-state index is 0.432. The lowest BCUT2D eigenvalue weighted by molar-refractivity contribution is 0.146. The Hall–Kier alpha value is -1.26. The predicted molar refractivity (Wildman–Crippen MR) is 132 cm³/mol. The molecule has 0 bridgehead atoms. The molecule has 176 valence electrons. The maximum Gasteiger partial charge on any atom is 0.121 e. The number of benzene rings is 1. The van der Waals surface area contributed by atoms with Crippen molar-refractivity contribution >= 4 is 5.69 Å². The van der Waals surface area contributed by atoms with Crippen LogP contribution in [0.1, 0.15) is 77.7 Å². The van der Waals surface area contributed by atoms with Crippen LogP contribution in [0.15, 0.2) is 18.2 Å². The third-order valence-electron chi connectivity index (χ3n) is 7.49. The number of piperazine rings is 1. The van der Waals surface area contributed by atoms with E-state index < -0.39 is 0 Å². The molecule has 1 aliphatic heterocycles. The standard InChI is InChI=1S/C27H46N2O2/c1-6-7-14-28-15-17-29(18-16-28)26-21-24(31-20-19-30-5)12-13-25(26)22-8-10-23(11-9-22)27(2,3)4/h12-13,21-23H,6-11,14-20H2,1-5H3. The minimum absolute atomic E-state index is 0.432. The zero-order chi connectivity index (χ0) is 22.3. The highest BCUT2D eigenvalue weighted by Crippen LogP contribution is 2.45. The van der Waals surface area contributed by atoms with Gasteiger partial charge in [-0.05, 0) is 67.5 Å². The Morgan fingerprint density at radius 3 is 2.29 bits per heavy atom. The lowest BCUT2D eigenvalue weighted by Crippen LogP contribution is -2.47. The molecular formula is C27H46N2O2.